The number of nitrogens with one attached hydrogen (secondary N) is 1. The molecule has 2 heterocycles. The summed E-state index contributed by atoms with van der Waals surface area (Å²) in [7, 11) is -3.66. The summed E-state index contributed by atoms with van der Waals surface area (Å²) in [4.78, 5) is 16.3. The van der Waals surface area contributed by atoms with Crippen LogP contribution in [0.4, 0.5) is 5.82 Å². The topological polar surface area (TPSA) is 125 Å². The van der Waals surface area contributed by atoms with E-state index >= 15 is 0 Å². The van der Waals surface area contributed by atoms with Crippen molar-refractivity contribution in [2.75, 3.05) is 43.9 Å². The summed E-state index contributed by atoms with van der Waals surface area (Å²) >= 11 is 0. The molecule has 1 amide bonds. The Morgan fingerprint density at radius 1 is 1.03 bits per heavy atom. The van der Waals surface area contributed by atoms with Gasteiger partial charge >= 0.3 is 0 Å². The first-order valence-corrected chi connectivity index (χ1v) is 13.5. The third-order valence-electron chi connectivity index (χ3n) is 5.72. The summed E-state index contributed by atoms with van der Waals surface area (Å²) in [6.45, 7) is 6.33. The maximum atomic E-state index is 11.9. The molecule has 0 spiro atoms. The number of aromatic nitrogens is 2. The predicted octanol–water partition coefficient (Wildman–Crippen LogP) is 2.26. The number of amides is 1. The van der Waals surface area contributed by atoms with Crippen LogP contribution in [0.25, 0.3) is 11.1 Å². The molecule has 1 aromatic heterocycles. The van der Waals surface area contributed by atoms with Gasteiger partial charge in [-0.3, -0.25) is 9.69 Å². The summed E-state index contributed by atoms with van der Waals surface area (Å²) in [5.74, 6) is 0.845. The number of sulfonamides is 1. The van der Waals surface area contributed by atoms with Crippen LogP contribution in [0.15, 0.2) is 54.6 Å². The average Bonchev–Trinajstić information content (AvgIpc) is 2.84. The van der Waals surface area contributed by atoms with Crippen LogP contribution in [-0.2, 0) is 16.6 Å². The Labute approximate surface area is 210 Å². The Balaban J connectivity index is 1.40. The van der Waals surface area contributed by atoms with Gasteiger partial charge in [0, 0.05) is 32.7 Å². The molecule has 36 heavy (non-hydrogen) atoms. The van der Waals surface area contributed by atoms with E-state index in [1.807, 2.05) is 35.9 Å². The Morgan fingerprint density at radius 3 is 2.44 bits per heavy atom. The molecule has 2 aromatic carbocycles. The quantitative estimate of drug-likeness (QED) is 0.468. The number of piperazine rings is 1. The molecule has 0 aliphatic carbocycles. The summed E-state index contributed by atoms with van der Waals surface area (Å²) < 4.78 is 30.1. The van der Waals surface area contributed by atoms with Crippen LogP contribution in [-0.4, -0.2) is 73.6 Å². The summed E-state index contributed by atoms with van der Waals surface area (Å²) in [6.07, 6.45) is 0.909. The average molecular weight is 512 g/mol. The van der Waals surface area contributed by atoms with E-state index in [-0.39, 0.29) is 11.4 Å². The molecule has 10 nitrogen and oxygen atoms in total. The van der Waals surface area contributed by atoms with Crippen molar-refractivity contribution < 1.29 is 23.1 Å². The van der Waals surface area contributed by atoms with Crippen LogP contribution in [0.5, 0.6) is 11.5 Å². The lowest BCUT2D eigenvalue weighted by molar-refractivity contribution is 0.0976. The van der Waals surface area contributed by atoms with E-state index in [0.29, 0.717) is 12.4 Å². The third-order valence-corrected chi connectivity index (χ3v) is 6.28. The van der Waals surface area contributed by atoms with Crippen LogP contribution in [0.1, 0.15) is 23.0 Å². The molecule has 2 N–H and O–H groups in total. The number of hydrogen-bond donors (Lipinski definition) is 2. The van der Waals surface area contributed by atoms with E-state index in [4.69, 9.17) is 4.74 Å². The number of anilines is 1. The highest BCUT2D eigenvalue weighted by atomic mass is 32.2. The third kappa shape index (κ3) is 6.70. The molecule has 0 bridgehead atoms. The number of aromatic hydroxyl groups is 1. The van der Waals surface area contributed by atoms with E-state index in [2.05, 4.69) is 26.1 Å². The number of hydrogen-bond acceptors (Lipinski definition) is 9. The summed E-state index contributed by atoms with van der Waals surface area (Å²) in [5, 5.41) is 17.9. The lowest BCUT2D eigenvalue weighted by Crippen LogP contribution is -2.46. The van der Waals surface area contributed by atoms with Gasteiger partial charge in [0.05, 0.1) is 12.9 Å². The molecule has 1 aliphatic rings. The van der Waals surface area contributed by atoms with Crippen molar-refractivity contribution >= 4 is 21.7 Å². The minimum absolute atomic E-state index is 0.0560. The lowest BCUT2D eigenvalue weighted by atomic mass is 10.0. The van der Waals surface area contributed by atoms with Crippen molar-refractivity contribution in [2.24, 2.45) is 0 Å². The molecular formula is C25H29N5O5S. The highest BCUT2D eigenvalue weighted by molar-refractivity contribution is 7.89. The Bertz CT molecular complexity index is 1320. The summed E-state index contributed by atoms with van der Waals surface area (Å²) in [5.41, 5.74) is 2.98. The van der Waals surface area contributed by atoms with Gasteiger partial charge < -0.3 is 14.7 Å². The van der Waals surface area contributed by atoms with Crippen LogP contribution in [0.3, 0.4) is 0 Å². The van der Waals surface area contributed by atoms with Crippen molar-refractivity contribution in [3.05, 3.63) is 65.9 Å². The van der Waals surface area contributed by atoms with Crippen LogP contribution in [0.2, 0.25) is 0 Å². The molecular weight excluding hydrogens is 482 g/mol. The Morgan fingerprint density at radius 2 is 1.81 bits per heavy atom. The number of phenols is 1. The van der Waals surface area contributed by atoms with Crippen molar-refractivity contribution in [1.29, 1.82) is 0 Å². The number of carbonyl (C=O) groups is 1. The molecule has 11 heteroatoms. The van der Waals surface area contributed by atoms with Gasteiger partial charge in [0.15, 0.2) is 11.5 Å². The van der Waals surface area contributed by atoms with E-state index in [1.165, 1.54) is 6.07 Å². The normalized spacial score (nSPS) is 14.4. The maximum absolute atomic E-state index is 11.9. The van der Waals surface area contributed by atoms with Gasteiger partial charge in [-0.2, -0.15) is 0 Å². The first-order chi connectivity index (χ1) is 17.2. The van der Waals surface area contributed by atoms with Crippen LogP contribution in [0, 0.1) is 0 Å². The standard InChI is InChI=1S/C25H29N5O5S/c1-3-35-22-14-18(13-20(16-22)19-5-4-6-21(31)15-19)17-29-9-11-30(12-10-29)24-8-7-23(26-27-24)25(32)28-36(2,33)34/h4-8,13-16,31H,3,9-12,17H2,1-2H3,(H,28,32). The van der Waals surface area contributed by atoms with Gasteiger partial charge in [-0.1, -0.05) is 12.1 Å². The number of phenolic OH excluding ortho intramolecular Hbond substituents is 1. The van der Waals surface area contributed by atoms with Gasteiger partial charge in [-0.15, -0.1) is 10.2 Å². The first-order valence-electron chi connectivity index (χ1n) is 11.6. The highest BCUT2D eigenvalue weighted by Crippen LogP contribution is 2.29. The monoisotopic (exact) mass is 511 g/mol. The number of rotatable bonds is 8. The molecule has 3 aromatic rings. The van der Waals surface area contributed by atoms with E-state index < -0.39 is 15.9 Å². The van der Waals surface area contributed by atoms with Gasteiger partial charge in [0.1, 0.15) is 11.5 Å². The second-order valence-corrected chi connectivity index (χ2v) is 10.3. The zero-order chi connectivity index (χ0) is 25.7. The molecule has 1 fully saturated rings. The van der Waals surface area contributed by atoms with Crippen molar-refractivity contribution in [3.63, 3.8) is 0 Å². The van der Waals surface area contributed by atoms with Gasteiger partial charge in [0.25, 0.3) is 5.91 Å². The number of nitrogens with zero attached hydrogens (tertiary/aromatic N) is 4. The fourth-order valence-corrected chi connectivity index (χ4v) is 4.52. The minimum Gasteiger partial charge on any atom is -0.508 e. The summed E-state index contributed by atoms with van der Waals surface area (Å²) in [6, 6.07) is 16.5. The number of benzene rings is 2. The van der Waals surface area contributed by atoms with Crippen LogP contribution >= 0.6 is 0 Å². The first kappa shape index (κ1) is 25.4. The fraction of sp³-hybridized carbons (Fsp3) is 0.320. The van der Waals surface area contributed by atoms with Gasteiger partial charge in [-0.05, 0) is 66.1 Å². The molecule has 1 saturated heterocycles. The van der Waals surface area contributed by atoms with E-state index in [0.717, 1.165) is 61.4 Å². The fourth-order valence-electron chi connectivity index (χ4n) is 4.08. The van der Waals surface area contributed by atoms with Crippen LogP contribution < -0.4 is 14.4 Å². The largest absolute Gasteiger partial charge is 0.508 e. The molecule has 4 rings (SSSR count). The SMILES string of the molecule is CCOc1cc(CN2CCN(c3ccc(C(=O)NS(C)(=O)=O)nn3)CC2)cc(-c2cccc(O)c2)c1. The molecule has 0 atom stereocenters. The highest BCUT2D eigenvalue weighted by Gasteiger charge is 2.20. The molecule has 190 valence electrons. The zero-order valence-electron chi connectivity index (χ0n) is 20.2. The van der Waals surface area contributed by atoms with E-state index in [1.54, 1.807) is 18.2 Å². The second kappa shape index (κ2) is 10.9. The number of carbonyl (C=O) groups excluding carboxylic acids is 1. The maximum Gasteiger partial charge on any atom is 0.285 e. The lowest BCUT2D eigenvalue weighted by Gasteiger charge is -2.35. The van der Waals surface area contributed by atoms with Crippen molar-refractivity contribution in [2.45, 2.75) is 13.5 Å². The number of ether oxygens (including phenoxy) is 1. The van der Waals surface area contributed by atoms with E-state index in [9.17, 15) is 18.3 Å². The predicted molar refractivity (Wildman–Crippen MR) is 137 cm³/mol. The Hall–Kier alpha value is -3.70. The van der Waals surface area contributed by atoms with Crippen molar-refractivity contribution in [3.8, 4) is 22.6 Å². The van der Waals surface area contributed by atoms with Gasteiger partial charge in [0.2, 0.25) is 10.0 Å². The molecule has 0 radical (unpaired) electrons. The van der Waals surface area contributed by atoms with Gasteiger partial charge in [-0.25, -0.2) is 13.1 Å². The molecule has 0 unspecified atom stereocenters. The molecule has 0 saturated carbocycles. The zero-order valence-corrected chi connectivity index (χ0v) is 21.0. The Kier molecular flexibility index (Phi) is 7.70. The minimum atomic E-state index is -3.66. The van der Waals surface area contributed by atoms with Crippen molar-refractivity contribution in [1.82, 2.24) is 19.8 Å². The molecule has 1 aliphatic heterocycles. The smallest absolute Gasteiger partial charge is 0.285 e. The second-order valence-electron chi connectivity index (χ2n) is 8.59.